The largest absolute Gasteiger partial charge is 0.495 e. The predicted octanol–water partition coefficient (Wildman–Crippen LogP) is 3.78. The van der Waals surface area contributed by atoms with Crippen molar-refractivity contribution in [2.75, 3.05) is 23.9 Å². The number of aryl methyl sites for hydroxylation is 1. The highest BCUT2D eigenvalue weighted by atomic mass is 16.5. The molecule has 28 heavy (non-hydrogen) atoms. The molecule has 1 N–H and O–H groups in total. The SMILES string of the molecule is COc1ccc(C)cc1NC(=O)C1CC(=O)N(c2ccc(OC(C)C)cc2)C1. The van der Waals surface area contributed by atoms with Gasteiger partial charge in [-0.2, -0.15) is 0 Å². The first kappa shape index (κ1) is 19.7. The van der Waals surface area contributed by atoms with E-state index in [9.17, 15) is 9.59 Å². The summed E-state index contributed by atoms with van der Waals surface area (Å²) in [6, 6.07) is 13.0. The Hall–Kier alpha value is -3.02. The van der Waals surface area contributed by atoms with Crippen LogP contribution in [0.15, 0.2) is 42.5 Å². The van der Waals surface area contributed by atoms with Crippen molar-refractivity contribution in [3.05, 3.63) is 48.0 Å². The summed E-state index contributed by atoms with van der Waals surface area (Å²) >= 11 is 0. The Morgan fingerprint density at radius 1 is 1.18 bits per heavy atom. The number of hydrogen-bond donors (Lipinski definition) is 1. The molecule has 1 unspecified atom stereocenters. The molecular formula is C22H26N2O4. The second kappa shape index (κ2) is 8.33. The molecule has 1 fully saturated rings. The quantitative estimate of drug-likeness (QED) is 0.826. The number of carbonyl (C=O) groups is 2. The number of rotatable bonds is 6. The summed E-state index contributed by atoms with van der Waals surface area (Å²) in [4.78, 5) is 26.8. The molecule has 1 aliphatic heterocycles. The molecule has 6 nitrogen and oxygen atoms in total. The molecule has 0 saturated carbocycles. The number of nitrogens with one attached hydrogen (secondary N) is 1. The molecule has 0 bridgehead atoms. The molecule has 6 heteroatoms. The monoisotopic (exact) mass is 382 g/mol. The normalized spacial score (nSPS) is 16.4. The van der Waals surface area contributed by atoms with Crippen molar-refractivity contribution >= 4 is 23.2 Å². The Morgan fingerprint density at radius 3 is 2.54 bits per heavy atom. The molecule has 0 aliphatic carbocycles. The fourth-order valence-electron chi connectivity index (χ4n) is 3.26. The Labute approximate surface area is 165 Å². The lowest BCUT2D eigenvalue weighted by molar-refractivity contribution is -0.122. The maximum absolute atomic E-state index is 12.7. The first-order valence-electron chi connectivity index (χ1n) is 9.40. The summed E-state index contributed by atoms with van der Waals surface area (Å²) in [7, 11) is 1.56. The maximum atomic E-state index is 12.7. The number of amides is 2. The van der Waals surface area contributed by atoms with Gasteiger partial charge in [0.25, 0.3) is 0 Å². The van der Waals surface area contributed by atoms with Crippen molar-refractivity contribution in [3.63, 3.8) is 0 Å². The standard InChI is InChI=1S/C22H26N2O4/c1-14(2)28-18-8-6-17(7-9-18)24-13-16(12-21(24)25)22(26)23-19-11-15(3)5-10-20(19)27-4/h5-11,14,16H,12-13H2,1-4H3,(H,23,26). The van der Waals surface area contributed by atoms with Gasteiger partial charge in [0.05, 0.1) is 24.8 Å². The van der Waals surface area contributed by atoms with Crippen LogP contribution in [0.1, 0.15) is 25.8 Å². The number of benzene rings is 2. The van der Waals surface area contributed by atoms with Gasteiger partial charge in [-0.1, -0.05) is 6.07 Å². The molecule has 3 rings (SSSR count). The molecule has 0 spiro atoms. The summed E-state index contributed by atoms with van der Waals surface area (Å²) in [5, 5.41) is 2.90. The fraction of sp³-hybridized carbons (Fsp3) is 0.364. The minimum atomic E-state index is -0.413. The second-order valence-corrected chi connectivity index (χ2v) is 7.26. The zero-order valence-electron chi connectivity index (χ0n) is 16.7. The van der Waals surface area contributed by atoms with Crippen molar-refractivity contribution < 1.29 is 19.1 Å². The van der Waals surface area contributed by atoms with Crippen LogP contribution in [0.4, 0.5) is 11.4 Å². The molecule has 1 aliphatic rings. The molecule has 1 heterocycles. The summed E-state index contributed by atoms with van der Waals surface area (Å²) in [5.74, 6) is 0.699. The minimum Gasteiger partial charge on any atom is -0.495 e. The lowest BCUT2D eigenvalue weighted by Crippen LogP contribution is -2.28. The van der Waals surface area contributed by atoms with Gasteiger partial charge in [-0.05, 0) is 62.7 Å². The lowest BCUT2D eigenvalue weighted by Gasteiger charge is -2.18. The van der Waals surface area contributed by atoms with Crippen molar-refractivity contribution in [2.45, 2.75) is 33.3 Å². The smallest absolute Gasteiger partial charge is 0.229 e. The fourth-order valence-corrected chi connectivity index (χ4v) is 3.26. The van der Waals surface area contributed by atoms with E-state index in [0.717, 1.165) is 17.0 Å². The van der Waals surface area contributed by atoms with E-state index in [1.165, 1.54) is 0 Å². The van der Waals surface area contributed by atoms with Gasteiger partial charge >= 0.3 is 0 Å². The van der Waals surface area contributed by atoms with Gasteiger partial charge in [0.1, 0.15) is 11.5 Å². The molecule has 1 atom stereocenters. The van der Waals surface area contributed by atoms with Crippen LogP contribution in [0.5, 0.6) is 11.5 Å². The van der Waals surface area contributed by atoms with E-state index >= 15 is 0 Å². The lowest BCUT2D eigenvalue weighted by atomic mass is 10.1. The predicted molar refractivity (Wildman–Crippen MR) is 109 cm³/mol. The molecule has 148 valence electrons. The van der Waals surface area contributed by atoms with Crippen LogP contribution in [0.3, 0.4) is 0 Å². The number of methoxy groups -OCH3 is 1. The molecule has 0 radical (unpaired) electrons. The zero-order chi connectivity index (χ0) is 20.3. The molecular weight excluding hydrogens is 356 g/mol. The highest BCUT2D eigenvalue weighted by Crippen LogP contribution is 2.30. The molecule has 1 saturated heterocycles. The van der Waals surface area contributed by atoms with Gasteiger partial charge in [-0.15, -0.1) is 0 Å². The van der Waals surface area contributed by atoms with E-state index in [0.29, 0.717) is 18.0 Å². The summed E-state index contributed by atoms with van der Waals surface area (Å²) < 4.78 is 10.9. The van der Waals surface area contributed by atoms with Crippen LogP contribution < -0.4 is 19.7 Å². The van der Waals surface area contributed by atoms with Crippen LogP contribution in [0, 0.1) is 12.8 Å². The van der Waals surface area contributed by atoms with Crippen molar-refractivity contribution in [1.29, 1.82) is 0 Å². The molecule has 2 aromatic rings. The summed E-state index contributed by atoms with van der Waals surface area (Å²) in [5.41, 5.74) is 2.40. The van der Waals surface area contributed by atoms with Gasteiger partial charge in [-0.25, -0.2) is 0 Å². The topological polar surface area (TPSA) is 67.9 Å². The van der Waals surface area contributed by atoms with E-state index in [4.69, 9.17) is 9.47 Å². The average molecular weight is 382 g/mol. The molecule has 0 aromatic heterocycles. The number of nitrogens with zero attached hydrogens (tertiary/aromatic N) is 1. The number of ether oxygens (including phenoxy) is 2. The Bertz CT molecular complexity index is 861. The third-order valence-electron chi connectivity index (χ3n) is 4.63. The van der Waals surface area contributed by atoms with E-state index in [1.54, 1.807) is 12.0 Å². The van der Waals surface area contributed by atoms with Gasteiger partial charge in [0.2, 0.25) is 11.8 Å². The van der Waals surface area contributed by atoms with Gasteiger partial charge < -0.3 is 19.7 Å². The van der Waals surface area contributed by atoms with Crippen LogP contribution >= 0.6 is 0 Å². The van der Waals surface area contributed by atoms with Crippen molar-refractivity contribution in [2.24, 2.45) is 5.92 Å². The van der Waals surface area contributed by atoms with Gasteiger partial charge in [0, 0.05) is 18.7 Å². The Kier molecular flexibility index (Phi) is 5.87. The molecule has 2 aromatic carbocycles. The van der Waals surface area contributed by atoms with Crippen molar-refractivity contribution in [3.8, 4) is 11.5 Å². The zero-order valence-corrected chi connectivity index (χ0v) is 16.7. The van der Waals surface area contributed by atoms with Crippen molar-refractivity contribution in [1.82, 2.24) is 0 Å². The van der Waals surface area contributed by atoms with Crippen LogP contribution in [0.25, 0.3) is 0 Å². The third-order valence-corrected chi connectivity index (χ3v) is 4.63. The maximum Gasteiger partial charge on any atom is 0.229 e. The minimum absolute atomic E-state index is 0.0612. The Balaban J connectivity index is 1.68. The second-order valence-electron chi connectivity index (χ2n) is 7.26. The van der Waals surface area contributed by atoms with E-state index in [1.807, 2.05) is 63.2 Å². The summed E-state index contributed by atoms with van der Waals surface area (Å²) in [6.07, 6.45) is 0.274. The first-order valence-corrected chi connectivity index (χ1v) is 9.40. The number of carbonyl (C=O) groups excluding carboxylic acids is 2. The van der Waals surface area contributed by atoms with E-state index in [-0.39, 0.29) is 24.3 Å². The summed E-state index contributed by atoms with van der Waals surface area (Å²) in [6.45, 7) is 6.22. The van der Waals surface area contributed by atoms with Crippen LogP contribution in [0.2, 0.25) is 0 Å². The van der Waals surface area contributed by atoms with Gasteiger partial charge in [0.15, 0.2) is 0 Å². The van der Waals surface area contributed by atoms with Crippen LogP contribution in [-0.2, 0) is 9.59 Å². The Morgan fingerprint density at radius 2 is 1.89 bits per heavy atom. The number of anilines is 2. The van der Waals surface area contributed by atoms with Gasteiger partial charge in [-0.3, -0.25) is 9.59 Å². The highest BCUT2D eigenvalue weighted by Gasteiger charge is 2.35. The highest BCUT2D eigenvalue weighted by molar-refractivity contribution is 6.04. The first-order chi connectivity index (χ1) is 13.4. The van der Waals surface area contributed by atoms with E-state index in [2.05, 4.69) is 5.32 Å². The average Bonchev–Trinajstić information content (AvgIpc) is 3.04. The number of hydrogen-bond acceptors (Lipinski definition) is 4. The van der Waals surface area contributed by atoms with E-state index < -0.39 is 5.92 Å². The van der Waals surface area contributed by atoms with Crippen LogP contribution in [-0.4, -0.2) is 31.6 Å². The third kappa shape index (κ3) is 4.44. The molecule has 2 amide bonds.